The molecule has 0 amide bonds. The summed E-state index contributed by atoms with van der Waals surface area (Å²) >= 11 is 0. The second-order valence-corrected chi connectivity index (χ2v) is 5.18. The van der Waals surface area contributed by atoms with Gasteiger partial charge >= 0.3 is 0 Å². The van der Waals surface area contributed by atoms with Gasteiger partial charge in [-0.3, -0.25) is 0 Å². The first-order chi connectivity index (χ1) is 8.85. The molecule has 2 heteroatoms. The molecule has 110 valence electrons. The zero-order valence-corrected chi connectivity index (χ0v) is 13.0. The Morgan fingerprint density at radius 2 is 1.44 bits per heavy atom. The zero-order chi connectivity index (χ0) is 13.5. The van der Waals surface area contributed by atoms with E-state index in [4.69, 9.17) is 4.74 Å². The van der Waals surface area contributed by atoms with Crippen LogP contribution in [0.2, 0.25) is 0 Å². The van der Waals surface area contributed by atoms with E-state index in [0.717, 1.165) is 19.8 Å². The van der Waals surface area contributed by atoms with E-state index in [1.807, 2.05) is 0 Å². The Morgan fingerprint density at radius 1 is 0.833 bits per heavy atom. The van der Waals surface area contributed by atoms with Crippen LogP contribution in [0.15, 0.2) is 0 Å². The van der Waals surface area contributed by atoms with E-state index >= 15 is 0 Å². The highest BCUT2D eigenvalue weighted by molar-refractivity contribution is 4.65. The van der Waals surface area contributed by atoms with Crippen LogP contribution in [0.4, 0.5) is 0 Å². The van der Waals surface area contributed by atoms with E-state index in [1.165, 1.54) is 57.8 Å². The van der Waals surface area contributed by atoms with Crippen molar-refractivity contribution in [3.63, 3.8) is 0 Å². The van der Waals surface area contributed by atoms with Crippen molar-refractivity contribution >= 4 is 0 Å². The highest BCUT2D eigenvalue weighted by atomic mass is 16.5. The average Bonchev–Trinajstić information content (AvgIpc) is 2.39. The summed E-state index contributed by atoms with van der Waals surface area (Å²) in [6.45, 7) is 9.28. The molecule has 0 rings (SSSR count). The Hall–Kier alpha value is -0.0800. The molecular weight excluding hydrogens is 222 g/mol. The minimum atomic E-state index is 0.565. The third-order valence-electron chi connectivity index (χ3n) is 3.42. The molecule has 0 aliphatic rings. The van der Waals surface area contributed by atoms with Crippen molar-refractivity contribution in [3.05, 3.63) is 0 Å². The zero-order valence-electron chi connectivity index (χ0n) is 13.0. The Balaban J connectivity index is 3.31. The Bertz CT molecular complexity index is 150. The third kappa shape index (κ3) is 12.4. The highest BCUT2D eigenvalue weighted by Gasteiger charge is 2.06. The van der Waals surface area contributed by atoms with E-state index in [1.54, 1.807) is 0 Å². The van der Waals surface area contributed by atoms with Crippen molar-refractivity contribution in [2.45, 2.75) is 84.6 Å². The lowest BCUT2D eigenvalue weighted by atomic mass is 10.0. The number of ether oxygens (including phenoxy) is 1. The first kappa shape index (κ1) is 17.9. The van der Waals surface area contributed by atoms with E-state index in [9.17, 15) is 0 Å². The summed E-state index contributed by atoms with van der Waals surface area (Å²) in [6, 6.07) is 0.565. The van der Waals surface area contributed by atoms with Crippen molar-refractivity contribution in [2.24, 2.45) is 0 Å². The van der Waals surface area contributed by atoms with Gasteiger partial charge in [0.05, 0.1) is 6.61 Å². The Labute approximate surface area is 115 Å². The van der Waals surface area contributed by atoms with Gasteiger partial charge in [0, 0.05) is 12.6 Å². The van der Waals surface area contributed by atoms with Crippen LogP contribution < -0.4 is 5.32 Å². The van der Waals surface area contributed by atoms with Gasteiger partial charge in [0.15, 0.2) is 0 Å². The molecule has 0 aromatic carbocycles. The molecule has 2 nitrogen and oxygen atoms in total. The van der Waals surface area contributed by atoms with E-state index in [-0.39, 0.29) is 0 Å². The van der Waals surface area contributed by atoms with E-state index < -0.39 is 0 Å². The monoisotopic (exact) mass is 257 g/mol. The van der Waals surface area contributed by atoms with Crippen LogP contribution in [0, 0.1) is 0 Å². The van der Waals surface area contributed by atoms with Gasteiger partial charge in [-0.05, 0) is 19.9 Å². The molecule has 0 bridgehead atoms. The van der Waals surface area contributed by atoms with Crippen molar-refractivity contribution < 1.29 is 4.74 Å². The lowest BCUT2D eigenvalue weighted by Gasteiger charge is -2.17. The molecule has 0 fully saturated rings. The van der Waals surface area contributed by atoms with Gasteiger partial charge in [0.1, 0.15) is 0 Å². The Morgan fingerprint density at radius 3 is 2.00 bits per heavy atom. The quantitative estimate of drug-likeness (QED) is 0.462. The van der Waals surface area contributed by atoms with Gasteiger partial charge in [-0.25, -0.2) is 0 Å². The minimum Gasteiger partial charge on any atom is -0.380 e. The van der Waals surface area contributed by atoms with Crippen LogP contribution in [-0.4, -0.2) is 25.8 Å². The predicted molar refractivity (Wildman–Crippen MR) is 81.2 cm³/mol. The van der Waals surface area contributed by atoms with Crippen LogP contribution in [0.1, 0.15) is 78.6 Å². The van der Waals surface area contributed by atoms with Crippen LogP contribution in [0.5, 0.6) is 0 Å². The molecule has 0 aliphatic heterocycles. The first-order valence-corrected chi connectivity index (χ1v) is 8.16. The maximum Gasteiger partial charge on any atom is 0.0619 e. The van der Waals surface area contributed by atoms with Crippen LogP contribution >= 0.6 is 0 Å². The lowest BCUT2D eigenvalue weighted by molar-refractivity contribution is 0.119. The standard InChI is InChI=1S/C16H35NO/c1-4-7-8-9-10-11-12-13-14-16(17-5-2)15-18-6-3/h16-17H,4-15H2,1-3H3. The van der Waals surface area contributed by atoms with Crippen LogP contribution in [-0.2, 0) is 4.74 Å². The van der Waals surface area contributed by atoms with Gasteiger partial charge in [0.25, 0.3) is 0 Å². The first-order valence-electron chi connectivity index (χ1n) is 8.16. The second kappa shape index (κ2) is 15.0. The number of likely N-dealkylation sites (N-methyl/N-ethyl adjacent to an activating group) is 1. The lowest BCUT2D eigenvalue weighted by Crippen LogP contribution is -2.33. The van der Waals surface area contributed by atoms with Gasteiger partial charge in [0.2, 0.25) is 0 Å². The Kier molecular flexibility index (Phi) is 14.9. The molecule has 0 aromatic rings. The summed E-state index contributed by atoms with van der Waals surface area (Å²) in [6.07, 6.45) is 12.5. The summed E-state index contributed by atoms with van der Waals surface area (Å²) in [5.74, 6) is 0. The van der Waals surface area contributed by atoms with Crippen molar-refractivity contribution in [1.29, 1.82) is 0 Å². The van der Waals surface area contributed by atoms with E-state index in [0.29, 0.717) is 6.04 Å². The summed E-state index contributed by atoms with van der Waals surface area (Å²) in [5, 5.41) is 3.51. The predicted octanol–water partition coefficient (Wildman–Crippen LogP) is 4.53. The summed E-state index contributed by atoms with van der Waals surface area (Å²) in [4.78, 5) is 0. The maximum atomic E-state index is 5.51. The minimum absolute atomic E-state index is 0.565. The second-order valence-electron chi connectivity index (χ2n) is 5.18. The maximum absolute atomic E-state index is 5.51. The number of nitrogens with one attached hydrogen (secondary N) is 1. The third-order valence-corrected chi connectivity index (χ3v) is 3.42. The largest absolute Gasteiger partial charge is 0.380 e. The highest BCUT2D eigenvalue weighted by Crippen LogP contribution is 2.10. The fourth-order valence-electron chi connectivity index (χ4n) is 2.32. The topological polar surface area (TPSA) is 21.3 Å². The fourth-order valence-corrected chi connectivity index (χ4v) is 2.32. The SMILES string of the molecule is CCCCCCCCCCC(COCC)NCC. The molecule has 0 aromatic heterocycles. The number of rotatable bonds is 14. The summed E-state index contributed by atoms with van der Waals surface area (Å²) in [5.41, 5.74) is 0. The van der Waals surface area contributed by atoms with Crippen LogP contribution in [0.25, 0.3) is 0 Å². The molecule has 18 heavy (non-hydrogen) atoms. The smallest absolute Gasteiger partial charge is 0.0619 e. The molecule has 0 spiro atoms. The summed E-state index contributed by atoms with van der Waals surface area (Å²) in [7, 11) is 0. The van der Waals surface area contributed by atoms with Crippen molar-refractivity contribution in [1.82, 2.24) is 5.32 Å². The fraction of sp³-hybridized carbons (Fsp3) is 1.00. The molecule has 0 saturated heterocycles. The molecule has 0 aliphatic carbocycles. The molecule has 1 atom stereocenters. The molecule has 1 unspecified atom stereocenters. The molecule has 0 saturated carbocycles. The van der Waals surface area contributed by atoms with E-state index in [2.05, 4.69) is 26.1 Å². The van der Waals surface area contributed by atoms with Gasteiger partial charge < -0.3 is 10.1 Å². The molecular formula is C16H35NO. The number of hydrogen-bond donors (Lipinski definition) is 1. The normalized spacial score (nSPS) is 12.8. The summed E-state index contributed by atoms with van der Waals surface area (Å²) < 4.78 is 5.51. The molecule has 1 N–H and O–H groups in total. The van der Waals surface area contributed by atoms with Crippen molar-refractivity contribution in [2.75, 3.05) is 19.8 Å². The molecule has 0 heterocycles. The average molecular weight is 257 g/mol. The number of hydrogen-bond acceptors (Lipinski definition) is 2. The van der Waals surface area contributed by atoms with Gasteiger partial charge in [-0.1, -0.05) is 65.2 Å². The van der Waals surface area contributed by atoms with Gasteiger partial charge in [-0.15, -0.1) is 0 Å². The number of unbranched alkanes of at least 4 members (excludes halogenated alkanes) is 7. The van der Waals surface area contributed by atoms with Crippen LogP contribution in [0.3, 0.4) is 0 Å². The molecule has 0 radical (unpaired) electrons. The van der Waals surface area contributed by atoms with Gasteiger partial charge in [-0.2, -0.15) is 0 Å². The van der Waals surface area contributed by atoms with Crippen molar-refractivity contribution in [3.8, 4) is 0 Å².